The fraction of sp³-hybridized carbons (Fsp3) is 0.0213. The molecule has 51 heavy (non-hydrogen) atoms. The summed E-state index contributed by atoms with van der Waals surface area (Å²) in [5.41, 5.74) is 16.7. The number of nitriles is 1. The van der Waals surface area contributed by atoms with Crippen molar-refractivity contribution in [3.05, 3.63) is 198 Å². The highest BCUT2D eigenvalue weighted by Gasteiger charge is 2.49. The Morgan fingerprint density at radius 2 is 0.941 bits per heavy atom. The molecule has 0 radical (unpaired) electrons. The fourth-order valence-electron chi connectivity index (χ4n) is 8.29. The smallest absolute Gasteiger partial charge is 0.160 e. The minimum Gasteiger partial charge on any atom is -0.264 e. The van der Waals surface area contributed by atoms with Crippen LogP contribution in [0, 0.1) is 11.3 Å². The van der Waals surface area contributed by atoms with E-state index >= 15 is 0 Å². The number of benzene rings is 6. The summed E-state index contributed by atoms with van der Waals surface area (Å²) in [5.74, 6) is 0.624. The quantitative estimate of drug-likeness (QED) is 0.191. The molecule has 8 aromatic rings. The Balaban J connectivity index is 1.30. The highest BCUT2D eigenvalue weighted by molar-refractivity contribution is 5.97. The van der Waals surface area contributed by atoms with Gasteiger partial charge in [-0.05, 0) is 92.0 Å². The van der Waals surface area contributed by atoms with E-state index in [9.17, 15) is 5.26 Å². The lowest BCUT2D eigenvalue weighted by atomic mass is 9.65. The van der Waals surface area contributed by atoms with E-state index < -0.39 is 5.41 Å². The van der Waals surface area contributed by atoms with E-state index in [2.05, 4.69) is 126 Å². The summed E-state index contributed by atoms with van der Waals surface area (Å²) in [5, 5.41) is 9.45. The maximum Gasteiger partial charge on any atom is 0.160 e. The van der Waals surface area contributed by atoms with E-state index in [1.165, 1.54) is 55.6 Å². The summed E-state index contributed by atoms with van der Waals surface area (Å²) in [4.78, 5) is 14.8. The molecule has 6 aromatic carbocycles. The summed E-state index contributed by atoms with van der Waals surface area (Å²) < 4.78 is 0. The lowest BCUT2D eigenvalue weighted by Gasteiger charge is -2.35. The van der Waals surface area contributed by atoms with Crippen LogP contribution in [-0.2, 0) is 5.41 Å². The van der Waals surface area contributed by atoms with Gasteiger partial charge >= 0.3 is 0 Å². The summed E-state index contributed by atoms with van der Waals surface area (Å²) >= 11 is 0. The fourth-order valence-corrected chi connectivity index (χ4v) is 8.29. The van der Waals surface area contributed by atoms with Crippen LogP contribution in [-0.4, -0.2) is 15.0 Å². The van der Waals surface area contributed by atoms with Crippen LogP contribution in [0.3, 0.4) is 0 Å². The number of hydrogen-bond donors (Lipinski definition) is 0. The van der Waals surface area contributed by atoms with E-state index in [0.29, 0.717) is 11.4 Å². The monoisotopic (exact) mass is 648 g/mol. The van der Waals surface area contributed by atoms with Crippen molar-refractivity contribution >= 4 is 0 Å². The number of fused-ring (bicyclic) bond motifs is 12. The molecule has 0 saturated heterocycles. The molecule has 4 heteroatoms. The number of pyridine rings is 1. The highest BCUT2D eigenvalue weighted by atomic mass is 14.9. The average Bonchev–Trinajstić information content (AvgIpc) is 3.46. The van der Waals surface area contributed by atoms with Crippen LogP contribution in [0.25, 0.3) is 67.3 Å². The van der Waals surface area contributed by atoms with Crippen LogP contribution in [0.15, 0.2) is 170 Å². The van der Waals surface area contributed by atoms with E-state index in [4.69, 9.17) is 9.97 Å². The minimum atomic E-state index is -0.592. The van der Waals surface area contributed by atoms with Crippen LogP contribution in [0.1, 0.15) is 27.8 Å². The van der Waals surface area contributed by atoms with Crippen molar-refractivity contribution < 1.29 is 0 Å². The van der Waals surface area contributed by atoms with Gasteiger partial charge in [-0.3, -0.25) is 4.98 Å². The first-order chi connectivity index (χ1) is 25.2. The molecule has 0 N–H and O–H groups in total. The molecule has 2 aliphatic rings. The summed E-state index contributed by atoms with van der Waals surface area (Å²) in [6.07, 6.45) is 3.60. The van der Waals surface area contributed by atoms with Gasteiger partial charge in [-0.15, -0.1) is 0 Å². The Morgan fingerprint density at radius 3 is 1.51 bits per heavy atom. The minimum absolute atomic E-state index is 0.592. The van der Waals surface area contributed by atoms with Gasteiger partial charge in [-0.25, -0.2) is 9.97 Å². The average molecular weight is 649 g/mol. The molecular formula is C47H28N4. The number of nitrogens with zero attached hydrogens (tertiary/aromatic N) is 4. The Bertz CT molecular complexity index is 2660. The Labute approximate surface area is 296 Å². The molecule has 0 aliphatic heterocycles. The highest BCUT2D eigenvalue weighted by Crippen LogP contribution is 2.61. The van der Waals surface area contributed by atoms with Crippen molar-refractivity contribution in [2.75, 3.05) is 0 Å². The molecule has 10 rings (SSSR count). The van der Waals surface area contributed by atoms with Crippen molar-refractivity contribution in [3.8, 4) is 73.4 Å². The zero-order valence-electron chi connectivity index (χ0n) is 27.5. The van der Waals surface area contributed by atoms with E-state index in [-0.39, 0.29) is 0 Å². The Kier molecular flexibility index (Phi) is 6.43. The van der Waals surface area contributed by atoms with Gasteiger partial charge in [-0.2, -0.15) is 5.26 Å². The van der Waals surface area contributed by atoms with Crippen molar-refractivity contribution in [3.63, 3.8) is 0 Å². The SMILES string of the molecule is N#Cc1ccc(-c2cc(-c3cccnc3)nc(-c3ccc4c(c3)C3(c5ccccc5-c5ccccc5-4)c4ccccc4-c4ccccc43)n2)cc1. The van der Waals surface area contributed by atoms with Crippen LogP contribution < -0.4 is 0 Å². The normalized spacial score (nSPS) is 12.8. The van der Waals surface area contributed by atoms with Gasteiger partial charge in [0.15, 0.2) is 5.82 Å². The predicted molar refractivity (Wildman–Crippen MR) is 203 cm³/mol. The second kappa shape index (κ2) is 11.3. The van der Waals surface area contributed by atoms with Crippen LogP contribution >= 0.6 is 0 Å². The third kappa shape index (κ3) is 4.29. The molecule has 0 bridgehead atoms. The van der Waals surface area contributed by atoms with Gasteiger partial charge < -0.3 is 0 Å². The number of hydrogen-bond acceptors (Lipinski definition) is 4. The molecule has 2 heterocycles. The Hall–Kier alpha value is -6.96. The van der Waals surface area contributed by atoms with Gasteiger partial charge in [0.1, 0.15) is 0 Å². The molecule has 4 nitrogen and oxygen atoms in total. The second-order valence-electron chi connectivity index (χ2n) is 13.1. The first-order valence-electron chi connectivity index (χ1n) is 17.1. The van der Waals surface area contributed by atoms with Crippen molar-refractivity contribution in [1.82, 2.24) is 15.0 Å². The summed E-state index contributed by atoms with van der Waals surface area (Å²) in [6.45, 7) is 0. The van der Waals surface area contributed by atoms with Crippen molar-refractivity contribution in [2.24, 2.45) is 0 Å². The first kappa shape index (κ1) is 29.0. The van der Waals surface area contributed by atoms with Crippen LogP contribution in [0.4, 0.5) is 0 Å². The molecule has 2 aliphatic carbocycles. The van der Waals surface area contributed by atoms with E-state index in [1.807, 2.05) is 48.7 Å². The molecule has 0 fully saturated rings. The predicted octanol–water partition coefficient (Wildman–Crippen LogP) is 10.8. The molecule has 0 atom stereocenters. The van der Waals surface area contributed by atoms with Gasteiger partial charge in [0.25, 0.3) is 0 Å². The first-order valence-corrected chi connectivity index (χ1v) is 17.1. The van der Waals surface area contributed by atoms with Gasteiger partial charge in [-0.1, -0.05) is 121 Å². The number of rotatable bonds is 3. The van der Waals surface area contributed by atoms with E-state index in [1.54, 1.807) is 6.20 Å². The standard InChI is InChI=1S/C47H28N4/c48-28-30-19-21-31(22-20-30)44-27-45(33-10-9-25-49-29-33)51-46(50-44)32-23-24-39-35-12-2-1-11-34(35)36-13-3-6-16-40(36)47(43(39)26-32)41-17-7-4-14-37(41)38-15-5-8-18-42(38)47/h1-27,29H. The molecule has 0 saturated carbocycles. The summed E-state index contributed by atoms with van der Waals surface area (Å²) in [7, 11) is 0. The molecule has 1 spiro atoms. The zero-order valence-corrected chi connectivity index (χ0v) is 27.5. The van der Waals surface area contributed by atoms with Crippen molar-refractivity contribution in [2.45, 2.75) is 5.41 Å². The van der Waals surface area contributed by atoms with Crippen LogP contribution in [0.5, 0.6) is 0 Å². The maximum atomic E-state index is 9.45. The molecule has 0 unspecified atom stereocenters. The molecular weight excluding hydrogens is 621 g/mol. The maximum absolute atomic E-state index is 9.45. The lowest BCUT2D eigenvalue weighted by molar-refractivity contribution is 0.775. The van der Waals surface area contributed by atoms with Crippen LogP contribution in [0.2, 0.25) is 0 Å². The van der Waals surface area contributed by atoms with E-state index in [0.717, 1.165) is 28.1 Å². The number of aromatic nitrogens is 3. The zero-order chi connectivity index (χ0) is 33.9. The van der Waals surface area contributed by atoms with Crippen molar-refractivity contribution in [1.29, 1.82) is 5.26 Å². The third-order valence-electron chi connectivity index (χ3n) is 10.5. The van der Waals surface area contributed by atoms with Gasteiger partial charge in [0.05, 0.1) is 28.4 Å². The topological polar surface area (TPSA) is 62.5 Å². The second-order valence-corrected chi connectivity index (χ2v) is 13.1. The molecule has 236 valence electrons. The summed E-state index contributed by atoms with van der Waals surface area (Å²) in [6, 6.07) is 57.9. The Morgan fingerprint density at radius 1 is 0.431 bits per heavy atom. The molecule has 2 aromatic heterocycles. The molecule has 0 amide bonds. The van der Waals surface area contributed by atoms with Gasteiger partial charge in [0, 0.05) is 29.1 Å². The third-order valence-corrected chi connectivity index (χ3v) is 10.5. The lowest BCUT2D eigenvalue weighted by Crippen LogP contribution is -2.29. The van der Waals surface area contributed by atoms with Gasteiger partial charge in [0.2, 0.25) is 0 Å². The largest absolute Gasteiger partial charge is 0.264 e.